The quantitative estimate of drug-likeness (QED) is 0.702. The molecule has 0 atom stereocenters. The summed E-state index contributed by atoms with van der Waals surface area (Å²) in [5, 5.41) is 4.11. The monoisotopic (exact) mass is 263 g/mol. The SMILES string of the molecule is CCNS(=O)(=O)CCNCc1cnc(C)s1. The van der Waals surface area contributed by atoms with Gasteiger partial charge in [0.05, 0.1) is 10.8 Å². The van der Waals surface area contributed by atoms with Gasteiger partial charge in [0.1, 0.15) is 0 Å². The van der Waals surface area contributed by atoms with Crippen molar-refractivity contribution in [1.29, 1.82) is 0 Å². The Morgan fingerprint density at radius 2 is 2.25 bits per heavy atom. The minimum atomic E-state index is -3.11. The Labute approximate surface area is 100 Å². The minimum Gasteiger partial charge on any atom is -0.311 e. The zero-order chi connectivity index (χ0) is 12.0. The molecule has 0 fully saturated rings. The number of aromatic nitrogens is 1. The molecule has 1 heterocycles. The van der Waals surface area contributed by atoms with Gasteiger partial charge in [-0.3, -0.25) is 0 Å². The zero-order valence-electron chi connectivity index (χ0n) is 9.49. The van der Waals surface area contributed by atoms with E-state index < -0.39 is 10.0 Å². The van der Waals surface area contributed by atoms with Crippen molar-refractivity contribution in [3.63, 3.8) is 0 Å². The van der Waals surface area contributed by atoms with E-state index in [9.17, 15) is 8.42 Å². The lowest BCUT2D eigenvalue weighted by Crippen LogP contribution is -2.31. The summed E-state index contributed by atoms with van der Waals surface area (Å²) in [5.74, 6) is 0.110. The molecule has 0 spiro atoms. The highest BCUT2D eigenvalue weighted by Crippen LogP contribution is 2.10. The Morgan fingerprint density at radius 3 is 2.81 bits per heavy atom. The molecule has 1 rings (SSSR count). The van der Waals surface area contributed by atoms with Crippen LogP contribution in [0.5, 0.6) is 0 Å². The average Bonchev–Trinajstić information content (AvgIpc) is 2.59. The summed E-state index contributed by atoms with van der Waals surface area (Å²) in [4.78, 5) is 5.24. The fourth-order valence-corrected chi connectivity index (χ4v) is 2.96. The maximum absolute atomic E-state index is 11.3. The summed E-state index contributed by atoms with van der Waals surface area (Å²) in [6.45, 7) is 5.28. The number of hydrogen-bond acceptors (Lipinski definition) is 5. The summed E-state index contributed by atoms with van der Waals surface area (Å²) in [7, 11) is -3.11. The summed E-state index contributed by atoms with van der Waals surface area (Å²) in [5.41, 5.74) is 0. The van der Waals surface area contributed by atoms with Crippen LogP contribution < -0.4 is 10.0 Å². The molecule has 0 aliphatic heterocycles. The van der Waals surface area contributed by atoms with Gasteiger partial charge in [0.2, 0.25) is 10.0 Å². The Bertz CT molecular complexity index is 414. The largest absolute Gasteiger partial charge is 0.311 e. The second-order valence-corrected chi connectivity index (χ2v) is 6.58. The molecule has 7 heteroatoms. The Kier molecular flexibility index (Phi) is 5.33. The van der Waals surface area contributed by atoms with Crippen LogP contribution in [0.1, 0.15) is 16.8 Å². The molecule has 0 unspecified atom stereocenters. The first-order valence-electron chi connectivity index (χ1n) is 5.13. The fraction of sp³-hybridized carbons (Fsp3) is 0.667. The second kappa shape index (κ2) is 6.29. The maximum atomic E-state index is 11.3. The smallest absolute Gasteiger partial charge is 0.212 e. The molecule has 0 amide bonds. The van der Waals surface area contributed by atoms with Crippen molar-refractivity contribution >= 4 is 21.4 Å². The van der Waals surface area contributed by atoms with Crippen LogP contribution in [-0.2, 0) is 16.6 Å². The number of sulfonamides is 1. The minimum absolute atomic E-state index is 0.110. The van der Waals surface area contributed by atoms with Gasteiger partial charge in [0.15, 0.2) is 0 Å². The van der Waals surface area contributed by atoms with E-state index in [-0.39, 0.29) is 5.75 Å². The summed E-state index contributed by atoms with van der Waals surface area (Å²) >= 11 is 1.62. The van der Waals surface area contributed by atoms with E-state index in [1.165, 1.54) is 0 Å². The Hall–Kier alpha value is -0.500. The number of nitrogens with one attached hydrogen (secondary N) is 2. The Balaban J connectivity index is 2.22. The van der Waals surface area contributed by atoms with Gasteiger partial charge in [-0.05, 0) is 6.92 Å². The van der Waals surface area contributed by atoms with Crippen molar-refractivity contribution in [1.82, 2.24) is 15.0 Å². The van der Waals surface area contributed by atoms with Gasteiger partial charge in [-0.1, -0.05) is 6.92 Å². The third-order valence-corrected chi connectivity index (χ3v) is 4.26. The number of rotatable bonds is 7. The lowest BCUT2D eigenvalue weighted by atomic mass is 10.5. The van der Waals surface area contributed by atoms with Gasteiger partial charge >= 0.3 is 0 Å². The van der Waals surface area contributed by atoms with Crippen LogP contribution >= 0.6 is 11.3 Å². The van der Waals surface area contributed by atoms with Crippen LogP contribution in [0.2, 0.25) is 0 Å². The molecular formula is C9H17N3O2S2. The fourth-order valence-electron chi connectivity index (χ4n) is 1.20. The molecule has 0 saturated heterocycles. The van der Waals surface area contributed by atoms with Gasteiger partial charge in [-0.2, -0.15) is 0 Å². The molecule has 5 nitrogen and oxygen atoms in total. The highest BCUT2D eigenvalue weighted by atomic mass is 32.2. The molecular weight excluding hydrogens is 246 g/mol. The summed E-state index contributed by atoms with van der Waals surface area (Å²) in [6.07, 6.45) is 1.81. The molecule has 1 aromatic rings. The van der Waals surface area contributed by atoms with Crippen molar-refractivity contribution < 1.29 is 8.42 Å². The topological polar surface area (TPSA) is 71.1 Å². The molecule has 92 valence electrons. The second-order valence-electron chi connectivity index (χ2n) is 3.34. The first-order chi connectivity index (χ1) is 7.53. The van der Waals surface area contributed by atoms with Crippen LogP contribution in [0.15, 0.2) is 6.20 Å². The van der Waals surface area contributed by atoms with Gasteiger partial charge in [0, 0.05) is 30.7 Å². The molecule has 0 aromatic carbocycles. The molecule has 16 heavy (non-hydrogen) atoms. The van der Waals surface area contributed by atoms with Crippen molar-refractivity contribution in [2.24, 2.45) is 0 Å². The number of thiazole rings is 1. The highest BCUT2D eigenvalue weighted by molar-refractivity contribution is 7.89. The molecule has 0 bridgehead atoms. The number of aryl methyl sites for hydroxylation is 1. The van der Waals surface area contributed by atoms with E-state index >= 15 is 0 Å². The van der Waals surface area contributed by atoms with E-state index in [2.05, 4.69) is 15.0 Å². The van der Waals surface area contributed by atoms with Gasteiger partial charge in [-0.15, -0.1) is 11.3 Å². The summed E-state index contributed by atoms with van der Waals surface area (Å²) in [6, 6.07) is 0. The Morgan fingerprint density at radius 1 is 1.50 bits per heavy atom. The van der Waals surface area contributed by atoms with Crippen LogP contribution in [0.25, 0.3) is 0 Å². The van der Waals surface area contributed by atoms with Crippen molar-refractivity contribution in [2.75, 3.05) is 18.8 Å². The van der Waals surface area contributed by atoms with E-state index in [0.29, 0.717) is 19.6 Å². The number of nitrogens with zero attached hydrogens (tertiary/aromatic N) is 1. The molecule has 0 aliphatic rings. The molecule has 0 radical (unpaired) electrons. The summed E-state index contributed by atoms with van der Waals surface area (Å²) < 4.78 is 25.0. The lowest BCUT2D eigenvalue weighted by Gasteiger charge is -2.04. The molecule has 0 aliphatic carbocycles. The third-order valence-electron chi connectivity index (χ3n) is 1.88. The molecule has 2 N–H and O–H groups in total. The van der Waals surface area contributed by atoms with Crippen molar-refractivity contribution in [3.05, 3.63) is 16.1 Å². The normalized spacial score (nSPS) is 11.9. The predicted molar refractivity (Wildman–Crippen MR) is 66.0 cm³/mol. The van der Waals surface area contributed by atoms with E-state index in [1.54, 1.807) is 18.3 Å². The number of hydrogen-bond donors (Lipinski definition) is 2. The third kappa shape index (κ3) is 5.02. The first-order valence-corrected chi connectivity index (χ1v) is 7.59. The van der Waals surface area contributed by atoms with E-state index in [0.717, 1.165) is 9.88 Å². The van der Waals surface area contributed by atoms with Gasteiger partial charge in [0.25, 0.3) is 0 Å². The first kappa shape index (κ1) is 13.6. The van der Waals surface area contributed by atoms with Crippen molar-refractivity contribution in [2.45, 2.75) is 20.4 Å². The standard InChI is InChI=1S/C9H17N3O2S2/c1-3-12-16(13,14)5-4-10-6-9-7-11-8(2)15-9/h7,10,12H,3-6H2,1-2H3. The van der Waals surface area contributed by atoms with Crippen LogP contribution in [-0.4, -0.2) is 32.2 Å². The van der Waals surface area contributed by atoms with Crippen LogP contribution in [0, 0.1) is 6.92 Å². The van der Waals surface area contributed by atoms with Crippen LogP contribution in [0.4, 0.5) is 0 Å². The lowest BCUT2D eigenvalue weighted by molar-refractivity contribution is 0.579. The van der Waals surface area contributed by atoms with E-state index in [1.807, 2.05) is 13.1 Å². The van der Waals surface area contributed by atoms with Gasteiger partial charge < -0.3 is 5.32 Å². The van der Waals surface area contributed by atoms with Crippen molar-refractivity contribution in [3.8, 4) is 0 Å². The zero-order valence-corrected chi connectivity index (χ0v) is 11.1. The average molecular weight is 263 g/mol. The maximum Gasteiger partial charge on any atom is 0.212 e. The van der Waals surface area contributed by atoms with E-state index in [4.69, 9.17) is 0 Å². The van der Waals surface area contributed by atoms with Crippen LogP contribution in [0.3, 0.4) is 0 Å². The molecule has 1 aromatic heterocycles. The molecule has 0 saturated carbocycles. The predicted octanol–water partition coefficient (Wildman–Crippen LogP) is 0.480. The highest BCUT2D eigenvalue weighted by Gasteiger charge is 2.07. The van der Waals surface area contributed by atoms with Gasteiger partial charge in [-0.25, -0.2) is 18.1 Å².